The van der Waals surface area contributed by atoms with Gasteiger partial charge in [0.1, 0.15) is 0 Å². The fourth-order valence-corrected chi connectivity index (χ4v) is 13.1. The number of rotatable bonds is 7. The van der Waals surface area contributed by atoms with Gasteiger partial charge in [-0.2, -0.15) is 0 Å². The molecule has 5 aliphatic carbocycles. The number of nitrogens with zero attached hydrogens (tertiary/aromatic N) is 1. The van der Waals surface area contributed by atoms with E-state index in [0.717, 1.165) is 36.9 Å². The van der Waals surface area contributed by atoms with Crippen LogP contribution in [-0.4, -0.2) is 34.6 Å². The number of fused-ring (bicyclic) bond motifs is 7. The van der Waals surface area contributed by atoms with E-state index in [1.165, 1.54) is 44.9 Å². The molecule has 1 aromatic carbocycles. The molecule has 0 aliphatic heterocycles. The third-order valence-electron chi connectivity index (χ3n) is 15.6. The lowest BCUT2D eigenvalue weighted by atomic mass is 9.36. The summed E-state index contributed by atoms with van der Waals surface area (Å²) in [5.74, 6) is 3.32. The van der Waals surface area contributed by atoms with Crippen LogP contribution in [0.2, 0.25) is 0 Å². The molecule has 9 unspecified atom stereocenters. The second-order valence-corrected chi connectivity index (χ2v) is 18.6. The number of pyridine rings is 1. The Morgan fingerprint density at radius 3 is 2.43 bits per heavy atom. The van der Waals surface area contributed by atoms with Crippen LogP contribution in [0.4, 0.5) is 0 Å². The van der Waals surface area contributed by atoms with E-state index < -0.39 is 5.54 Å². The van der Waals surface area contributed by atoms with E-state index in [9.17, 15) is 14.7 Å². The number of aliphatic hydroxyl groups excluding tert-OH is 1. The summed E-state index contributed by atoms with van der Waals surface area (Å²) in [4.78, 5) is 31.9. The van der Waals surface area contributed by atoms with Gasteiger partial charge in [-0.15, -0.1) is 0 Å². The van der Waals surface area contributed by atoms with Gasteiger partial charge in [0, 0.05) is 18.3 Å². The van der Waals surface area contributed by atoms with Crippen molar-refractivity contribution < 1.29 is 14.7 Å². The van der Waals surface area contributed by atoms with Gasteiger partial charge in [0.2, 0.25) is 5.91 Å². The van der Waals surface area contributed by atoms with Crippen LogP contribution in [0.1, 0.15) is 134 Å². The Kier molecular flexibility index (Phi) is 8.85. The molecule has 5 fully saturated rings. The van der Waals surface area contributed by atoms with Crippen molar-refractivity contribution >= 4 is 11.8 Å². The minimum absolute atomic E-state index is 0.0127. The molecule has 3 N–H and O–H groups in total. The summed E-state index contributed by atoms with van der Waals surface area (Å²) in [6.07, 6.45) is 15.0. The quantitative estimate of drug-likeness (QED) is 0.278. The van der Waals surface area contributed by atoms with Crippen LogP contribution in [0.3, 0.4) is 0 Å². The van der Waals surface area contributed by atoms with E-state index in [1.54, 1.807) is 6.20 Å². The minimum atomic E-state index is -0.594. The first-order valence-corrected chi connectivity index (χ1v) is 19.5. The van der Waals surface area contributed by atoms with E-state index >= 15 is 0 Å². The number of aromatic nitrogens is 1. The maximum atomic E-state index is 14.2. The number of nitrogens with one attached hydrogen (secondary N) is 2. The van der Waals surface area contributed by atoms with Crippen molar-refractivity contribution in [2.45, 2.75) is 130 Å². The summed E-state index contributed by atoms with van der Waals surface area (Å²) in [6, 6.07) is 13.5. The number of carbonyl (C=O) groups is 2. The summed E-state index contributed by atoms with van der Waals surface area (Å²) in [6.45, 7) is 14.4. The molecule has 2 aromatic rings. The van der Waals surface area contributed by atoms with Crippen molar-refractivity contribution in [3.8, 4) is 0 Å². The van der Waals surface area contributed by atoms with E-state index in [-0.39, 0.29) is 28.7 Å². The van der Waals surface area contributed by atoms with Crippen molar-refractivity contribution in [1.29, 1.82) is 0 Å². The molecule has 7 rings (SSSR count). The summed E-state index contributed by atoms with van der Waals surface area (Å²) in [5.41, 5.74) is 2.31. The Hall–Kier alpha value is -2.73. The van der Waals surface area contributed by atoms with Crippen molar-refractivity contribution in [2.75, 3.05) is 6.54 Å². The lowest BCUT2D eigenvalue weighted by Gasteiger charge is -2.69. The van der Waals surface area contributed by atoms with Gasteiger partial charge in [-0.05, 0) is 160 Å². The highest BCUT2D eigenvalue weighted by Gasteiger charge is 2.67. The fraction of sp³-hybridized carbons (Fsp3) is 0.698. The lowest BCUT2D eigenvalue weighted by molar-refractivity contribution is -0.214. The molecule has 6 nitrogen and oxygen atoms in total. The van der Waals surface area contributed by atoms with Gasteiger partial charge in [0.25, 0.3) is 5.91 Å². The topological polar surface area (TPSA) is 91.3 Å². The zero-order valence-electron chi connectivity index (χ0n) is 31.0. The molecular weight excluding hydrogens is 606 g/mol. The van der Waals surface area contributed by atoms with Crippen LogP contribution in [0.15, 0.2) is 48.7 Å². The zero-order chi connectivity index (χ0) is 34.8. The van der Waals surface area contributed by atoms with E-state index in [4.69, 9.17) is 0 Å². The maximum Gasteiger partial charge on any atom is 0.252 e. The summed E-state index contributed by atoms with van der Waals surface area (Å²) >= 11 is 0. The highest BCUT2D eigenvalue weighted by molar-refractivity contribution is 5.94. The normalized spacial score (nSPS) is 37.9. The van der Waals surface area contributed by atoms with Gasteiger partial charge >= 0.3 is 0 Å². The zero-order valence-corrected chi connectivity index (χ0v) is 31.0. The molecule has 2 amide bonds. The third kappa shape index (κ3) is 5.67. The fourth-order valence-electron chi connectivity index (χ4n) is 13.1. The molecule has 9 atom stereocenters. The Morgan fingerprint density at radius 2 is 1.65 bits per heavy atom. The van der Waals surface area contributed by atoms with Crippen LogP contribution in [0.25, 0.3) is 0 Å². The van der Waals surface area contributed by atoms with Gasteiger partial charge < -0.3 is 15.7 Å². The molecule has 5 saturated carbocycles. The molecule has 0 bridgehead atoms. The van der Waals surface area contributed by atoms with Crippen LogP contribution in [0.5, 0.6) is 0 Å². The highest BCUT2D eigenvalue weighted by atomic mass is 16.3. The molecule has 6 heteroatoms. The summed E-state index contributed by atoms with van der Waals surface area (Å²) in [7, 11) is 0. The Bertz CT molecular complexity index is 1550. The van der Waals surface area contributed by atoms with Crippen molar-refractivity contribution in [2.24, 2.45) is 51.2 Å². The molecule has 5 aliphatic rings. The smallest absolute Gasteiger partial charge is 0.252 e. The number of hydrogen-bond donors (Lipinski definition) is 3. The summed E-state index contributed by atoms with van der Waals surface area (Å²) < 4.78 is 0. The number of carbonyl (C=O) groups excluding carboxylic acids is 2. The maximum absolute atomic E-state index is 14.2. The molecule has 1 aromatic heterocycles. The molecule has 0 radical (unpaired) electrons. The van der Waals surface area contributed by atoms with Crippen LogP contribution >= 0.6 is 0 Å². The van der Waals surface area contributed by atoms with Gasteiger partial charge in [0.15, 0.2) is 0 Å². The van der Waals surface area contributed by atoms with Crippen LogP contribution in [0, 0.1) is 51.2 Å². The van der Waals surface area contributed by atoms with Gasteiger partial charge in [-0.1, -0.05) is 52.3 Å². The number of benzene rings is 1. The Balaban J connectivity index is 0.996. The second-order valence-electron chi connectivity index (χ2n) is 18.6. The SMILES string of the molecule is CC(C)(NC(=O)c1cccc(CCNC(=O)C23CCCC2C2CCC4C(C)(CCC5C(C)(C)C(O)CCC54C)C2CC3)c1)c1ccccn1. The van der Waals surface area contributed by atoms with E-state index in [2.05, 4.69) is 49.4 Å². The molecule has 1 heterocycles. The van der Waals surface area contributed by atoms with Gasteiger partial charge in [0.05, 0.1) is 22.8 Å². The van der Waals surface area contributed by atoms with E-state index in [0.29, 0.717) is 58.9 Å². The molecule has 0 saturated heterocycles. The first kappa shape index (κ1) is 34.7. The molecule has 266 valence electrons. The molecular formula is C43H61N3O3. The largest absolute Gasteiger partial charge is 0.393 e. The standard InChI is InChI=1S/C43H61N3O3/c1-39(2)33-18-22-41(5)31-17-24-43(21-10-13-32(43)30(31)15-16-34(41)42(33,6)23-19-36(39)47)38(49)45-26-20-28-11-9-12-29(27-28)37(48)46-40(3,4)35-14-7-8-25-44-35/h7-9,11-12,14,25,27,30-34,36,47H,10,13,15-24,26H2,1-6H3,(H,45,49)(H,46,48). The van der Waals surface area contributed by atoms with Crippen molar-refractivity contribution in [3.63, 3.8) is 0 Å². The van der Waals surface area contributed by atoms with Crippen LogP contribution < -0.4 is 10.6 Å². The first-order chi connectivity index (χ1) is 23.2. The van der Waals surface area contributed by atoms with Crippen LogP contribution in [-0.2, 0) is 16.8 Å². The Morgan fingerprint density at radius 1 is 0.857 bits per heavy atom. The number of amides is 2. The molecule has 0 spiro atoms. The molecule has 49 heavy (non-hydrogen) atoms. The first-order valence-electron chi connectivity index (χ1n) is 19.5. The lowest BCUT2D eigenvalue weighted by Crippen LogP contribution is -2.63. The average Bonchev–Trinajstić information content (AvgIpc) is 3.53. The van der Waals surface area contributed by atoms with Gasteiger partial charge in [-0.25, -0.2) is 0 Å². The van der Waals surface area contributed by atoms with Crippen molar-refractivity contribution in [3.05, 3.63) is 65.5 Å². The minimum Gasteiger partial charge on any atom is -0.393 e. The van der Waals surface area contributed by atoms with E-state index in [1.807, 2.05) is 50.2 Å². The second kappa shape index (κ2) is 12.5. The average molecular weight is 668 g/mol. The Labute approximate surface area is 295 Å². The third-order valence-corrected chi connectivity index (χ3v) is 15.6. The predicted octanol–water partition coefficient (Wildman–Crippen LogP) is 8.23. The predicted molar refractivity (Wildman–Crippen MR) is 195 cm³/mol. The summed E-state index contributed by atoms with van der Waals surface area (Å²) in [5, 5.41) is 17.6. The highest BCUT2D eigenvalue weighted by Crippen LogP contribution is 2.73. The van der Waals surface area contributed by atoms with Gasteiger partial charge in [-0.3, -0.25) is 14.6 Å². The van der Waals surface area contributed by atoms with Crippen molar-refractivity contribution in [1.82, 2.24) is 15.6 Å². The monoisotopic (exact) mass is 667 g/mol. The number of aliphatic hydroxyl groups is 1. The number of hydrogen-bond acceptors (Lipinski definition) is 4.